The van der Waals surface area contributed by atoms with Gasteiger partial charge in [-0.05, 0) is 75.6 Å². The van der Waals surface area contributed by atoms with Crippen LogP contribution >= 0.6 is 0 Å². The average molecular weight is 521 g/mol. The number of likely N-dealkylation sites (tertiary alicyclic amines) is 1. The molecule has 2 fully saturated rings. The molecule has 2 aliphatic rings. The van der Waals surface area contributed by atoms with Gasteiger partial charge in [-0.1, -0.05) is 42.5 Å². The number of rotatable bonds is 8. The number of esters is 1. The van der Waals surface area contributed by atoms with E-state index >= 15 is 0 Å². The molecule has 0 bridgehead atoms. The summed E-state index contributed by atoms with van der Waals surface area (Å²) < 4.78 is 10.5. The molecule has 1 aliphatic heterocycles. The predicted molar refractivity (Wildman–Crippen MR) is 146 cm³/mol. The monoisotopic (exact) mass is 520 g/mol. The van der Waals surface area contributed by atoms with E-state index in [-0.39, 0.29) is 24.0 Å². The van der Waals surface area contributed by atoms with Gasteiger partial charge >= 0.3 is 12.1 Å². The Kier molecular flexibility index (Phi) is 8.75. The van der Waals surface area contributed by atoms with Gasteiger partial charge in [0.15, 0.2) is 0 Å². The largest absolute Gasteiger partial charge is 0.465 e. The second-order valence-electron chi connectivity index (χ2n) is 11.5. The maximum atomic E-state index is 13.2. The third kappa shape index (κ3) is 7.36. The molecule has 7 heteroatoms. The minimum absolute atomic E-state index is 0.149. The zero-order valence-electron chi connectivity index (χ0n) is 23.0. The molecule has 204 valence electrons. The Balaban J connectivity index is 1.28. The number of carbonyl (C=O) groups is 3. The number of aryl methyl sites for hydroxylation is 1. The van der Waals surface area contributed by atoms with Gasteiger partial charge in [0, 0.05) is 38.0 Å². The van der Waals surface area contributed by atoms with Crippen LogP contribution in [0.1, 0.15) is 73.9 Å². The van der Waals surface area contributed by atoms with E-state index in [2.05, 4.69) is 12.1 Å². The van der Waals surface area contributed by atoms with Crippen LogP contribution in [0.2, 0.25) is 0 Å². The first-order valence-electron chi connectivity index (χ1n) is 13.6. The van der Waals surface area contributed by atoms with Crippen LogP contribution < -0.4 is 0 Å². The molecule has 2 unspecified atom stereocenters. The van der Waals surface area contributed by atoms with Gasteiger partial charge in [0.1, 0.15) is 5.60 Å². The van der Waals surface area contributed by atoms with Crippen LogP contribution in [-0.2, 0) is 20.7 Å². The third-order valence-electron chi connectivity index (χ3n) is 7.44. The predicted octanol–water partition coefficient (Wildman–Crippen LogP) is 5.44. The zero-order chi connectivity index (χ0) is 27.3. The van der Waals surface area contributed by atoms with Crippen LogP contribution in [0.4, 0.5) is 4.79 Å². The highest BCUT2D eigenvalue weighted by Crippen LogP contribution is 2.45. The molecule has 1 aliphatic carbocycles. The lowest BCUT2D eigenvalue weighted by Gasteiger charge is -2.36. The topological polar surface area (TPSA) is 76.2 Å². The molecule has 0 spiro atoms. The Morgan fingerprint density at radius 1 is 0.974 bits per heavy atom. The molecular weight excluding hydrogens is 480 g/mol. The zero-order valence-corrected chi connectivity index (χ0v) is 23.0. The van der Waals surface area contributed by atoms with Crippen molar-refractivity contribution in [3.8, 4) is 0 Å². The first kappa shape index (κ1) is 27.7. The minimum atomic E-state index is -0.540. The van der Waals surface area contributed by atoms with E-state index in [1.807, 2.05) is 60.9 Å². The SMILES string of the molecule is COC(=O)c1ccc(CCC(=O)N2CCC(CN(C(=O)OC(C)(C)C)C3CC3c3ccccc3)CC2)cc1. The average Bonchev–Trinajstić information content (AvgIpc) is 3.70. The second-order valence-corrected chi connectivity index (χ2v) is 11.5. The van der Waals surface area contributed by atoms with E-state index in [4.69, 9.17) is 9.47 Å². The van der Waals surface area contributed by atoms with Crippen molar-refractivity contribution in [1.29, 1.82) is 0 Å². The normalized spacial score (nSPS) is 19.5. The van der Waals surface area contributed by atoms with E-state index in [0.717, 1.165) is 24.8 Å². The molecule has 7 nitrogen and oxygen atoms in total. The fourth-order valence-electron chi connectivity index (χ4n) is 5.23. The van der Waals surface area contributed by atoms with Crippen molar-refractivity contribution in [3.05, 3.63) is 71.3 Å². The van der Waals surface area contributed by atoms with Gasteiger partial charge in [0.05, 0.1) is 12.7 Å². The summed E-state index contributed by atoms with van der Waals surface area (Å²) in [6.45, 7) is 7.80. The number of carbonyl (C=O) groups excluding carboxylic acids is 3. The van der Waals surface area contributed by atoms with Crippen LogP contribution in [0.15, 0.2) is 54.6 Å². The van der Waals surface area contributed by atoms with Crippen molar-refractivity contribution in [2.45, 2.75) is 70.4 Å². The van der Waals surface area contributed by atoms with Crippen LogP contribution in [-0.4, -0.2) is 66.2 Å². The molecule has 2 aromatic carbocycles. The van der Waals surface area contributed by atoms with Crippen molar-refractivity contribution in [2.24, 2.45) is 5.92 Å². The molecule has 1 heterocycles. The highest BCUT2D eigenvalue weighted by Gasteiger charge is 2.46. The van der Waals surface area contributed by atoms with Gasteiger partial charge in [0.25, 0.3) is 0 Å². The van der Waals surface area contributed by atoms with Crippen molar-refractivity contribution in [3.63, 3.8) is 0 Å². The highest BCUT2D eigenvalue weighted by atomic mass is 16.6. The van der Waals surface area contributed by atoms with Crippen LogP contribution in [0.25, 0.3) is 0 Å². The summed E-state index contributed by atoms with van der Waals surface area (Å²) in [5.74, 6) is 0.482. The van der Waals surface area contributed by atoms with E-state index < -0.39 is 5.60 Å². The minimum Gasteiger partial charge on any atom is -0.465 e. The van der Waals surface area contributed by atoms with Gasteiger partial charge in [0.2, 0.25) is 5.91 Å². The van der Waals surface area contributed by atoms with Crippen LogP contribution in [0.5, 0.6) is 0 Å². The second kappa shape index (κ2) is 12.0. The van der Waals surface area contributed by atoms with Crippen molar-refractivity contribution >= 4 is 18.0 Å². The smallest absolute Gasteiger partial charge is 0.410 e. The van der Waals surface area contributed by atoms with Crippen molar-refractivity contribution < 1.29 is 23.9 Å². The molecule has 4 rings (SSSR count). The Morgan fingerprint density at radius 3 is 2.24 bits per heavy atom. The number of ether oxygens (including phenoxy) is 2. The van der Waals surface area contributed by atoms with Gasteiger partial charge in [-0.3, -0.25) is 4.79 Å². The number of amides is 2. The Labute approximate surface area is 226 Å². The molecular formula is C31H40N2O5. The molecule has 0 aromatic heterocycles. The Morgan fingerprint density at radius 2 is 1.63 bits per heavy atom. The van der Waals surface area contributed by atoms with Gasteiger partial charge in [-0.25, -0.2) is 9.59 Å². The molecule has 1 saturated heterocycles. The van der Waals surface area contributed by atoms with E-state index in [1.54, 1.807) is 12.1 Å². The lowest BCUT2D eigenvalue weighted by molar-refractivity contribution is -0.132. The number of benzene rings is 2. The Hall–Kier alpha value is -3.35. The summed E-state index contributed by atoms with van der Waals surface area (Å²) >= 11 is 0. The van der Waals surface area contributed by atoms with Crippen molar-refractivity contribution in [2.75, 3.05) is 26.7 Å². The summed E-state index contributed by atoms with van der Waals surface area (Å²) in [5, 5.41) is 0. The fourth-order valence-corrected chi connectivity index (χ4v) is 5.23. The van der Waals surface area contributed by atoms with Gasteiger partial charge in [-0.2, -0.15) is 0 Å². The third-order valence-corrected chi connectivity index (χ3v) is 7.44. The van der Waals surface area contributed by atoms with E-state index in [0.29, 0.717) is 49.9 Å². The lowest BCUT2D eigenvalue weighted by Crippen LogP contribution is -2.45. The van der Waals surface area contributed by atoms with Crippen LogP contribution in [0.3, 0.4) is 0 Å². The summed E-state index contributed by atoms with van der Waals surface area (Å²) in [5.41, 5.74) is 2.26. The summed E-state index contributed by atoms with van der Waals surface area (Å²) in [6, 6.07) is 17.8. The van der Waals surface area contributed by atoms with E-state index in [1.165, 1.54) is 12.7 Å². The number of hydrogen-bond donors (Lipinski definition) is 0. The summed E-state index contributed by atoms with van der Waals surface area (Å²) in [4.78, 5) is 41.5. The number of nitrogens with zero attached hydrogens (tertiary/aromatic N) is 2. The molecule has 0 radical (unpaired) electrons. The maximum Gasteiger partial charge on any atom is 0.410 e. The number of hydrogen-bond acceptors (Lipinski definition) is 5. The molecule has 38 heavy (non-hydrogen) atoms. The molecule has 1 saturated carbocycles. The molecule has 2 aromatic rings. The number of methoxy groups -OCH3 is 1. The number of piperidine rings is 1. The quantitative estimate of drug-likeness (QED) is 0.434. The molecule has 2 atom stereocenters. The molecule has 2 amide bonds. The highest BCUT2D eigenvalue weighted by molar-refractivity contribution is 5.89. The first-order valence-corrected chi connectivity index (χ1v) is 13.6. The van der Waals surface area contributed by atoms with Gasteiger partial charge in [-0.15, -0.1) is 0 Å². The summed E-state index contributed by atoms with van der Waals surface area (Å²) in [7, 11) is 1.36. The fraction of sp³-hybridized carbons (Fsp3) is 0.516. The van der Waals surface area contributed by atoms with Crippen molar-refractivity contribution in [1.82, 2.24) is 9.80 Å². The maximum absolute atomic E-state index is 13.2. The van der Waals surface area contributed by atoms with Gasteiger partial charge < -0.3 is 19.3 Å². The van der Waals surface area contributed by atoms with E-state index in [9.17, 15) is 14.4 Å². The standard InChI is InChI=1S/C31H40N2O5/c1-31(2,3)38-30(36)33(27-20-26(27)24-8-6-5-7-9-24)21-23-16-18-32(19-17-23)28(34)15-12-22-10-13-25(14-11-22)29(35)37-4/h5-11,13-14,23,26-27H,12,15-21H2,1-4H3. The Bertz CT molecular complexity index is 1100. The summed E-state index contributed by atoms with van der Waals surface area (Å²) in [6.07, 6.45) is 3.55. The van der Waals surface area contributed by atoms with Crippen LogP contribution in [0, 0.1) is 5.92 Å². The first-order chi connectivity index (χ1) is 18.1. The lowest BCUT2D eigenvalue weighted by atomic mass is 9.95. The molecule has 0 N–H and O–H groups in total.